The number of hydrogen-bond donors (Lipinski definition) is 4. The third kappa shape index (κ3) is 10.1. The second-order valence-corrected chi connectivity index (χ2v) is 15.0. The van der Waals surface area contributed by atoms with Crippen molar-refractivity contribution in [1.82, 2.24) is 35.6 Å². The van der Waals surface area contributed by atoms with Gasteiger partial charge in [-0.15, -0.1) is 0 Å². The first kappa shape index (κ1) is 36.8. The Morgan fingerprint density at radius 3 is 2.62 bits per heavy atom. The van der Waals surface area contributed by atoms with E-state index in [9.17, 15) is 14.7 Å². The average Bonchev–Trinajstić information content (AvgIpc) is 3.54. The predicted molar refractivity (Wildman–Crippen MR) is 191 cm³/mol. The van der Waals surface area contributed by atoms with Crippen LogP contribution in [0.2, 0.25) is 0 Å². The Kier molecular flexibility index (Phi) is 13.2. The minimum atomic E-state index is -0.671. The fraction of sp³-hybridized carbons (Fsp3) is 0.711. The number of aliphatic hydroxyl groups is 1. The number of nitrogens with one attached hydrogen (secondary N) is 3. The lowest BCUT2D eigenvalue weighted by atomic mass is 9.94. The van der Waals surface area contributed by atoms with Gasteiger partial charge in [-0.1, -0.05) is 51.0 Å². The minimum absolute atomic E-state index is 0.0247. The molecule has 1 aromatic carbocycles. The summed E-state index contributed by atoms with van der Waals surface area (Å²) in [6.45, 7) is 5.93. The van der Waals surface area contributed by atoms with Gasteiger partial charge in [0.2, 0.25) is 11.8 Å². The highest BCUT2D eigenvalue weighted by molar-refractivity contribution is 5.82. The smallest absolute Gasteiger partial charge is 0.237 e. The molecule has 4 aliphatic rings. The van der Waals surface area contributed by atoms with Crippen LogP contribution in [-0.4, -0.2) is 107 Å². The van der Waals surface area contributed by atoms with Gasteiger partial charge in [0.25, 0.3) is 0 Å². The topological polar surface area (TPSA) is 135 Å². The lowest BCUT2D eigenvalue weighted by Crippen LogP contribution is -2.66. The van der Waals surface area contributed by atoms with Crippen molar-refractivity contribution in [2.24, 2.45) is 0 Å². The van der Waals surface area contributed by atoms with Gasteiger partial charge in [-0.2, -0.15) is 0 Å². The molecule has 3 unspecified atom stereocenters. The van der Waals surface area contributed by atoms with Crippen LogP contribution in [0.4, 0.5) is 0 Å². The average molecular weight is 694 g/mol. The van der Waals surface area contributed by atoms with E-state index in [4.69, 9.17) is 9.15 Å². The van der Waals surface area contributed by atoms with Crippen molar-refractivity contribution in [3.63, 3.8) is 0 Å². The number of aryl methyl sites for hydroxylation is 1. The molecule has 3 fully saturated rings. The van der Waals surface area contributed by atoms with E-state index in [0.717, 1.165) is 49.7 Å². The molecule has 1 saturated carbocycles. The number of amides is 2. The van der Waals surface area contributed by atoms with E-state index < -0.39 is 6.10 Å². The number of rotatable bonds is 11. The Bertz CT molecular complexity index is 1390. The van der Waals surface area contributed by atoms with E-state index >= 15 is 0 Å². The van der Waals surface area contributed by atoms with Crippen molar-refractivity contribution < 1.29 is 23.8 Å². The molecule has 12 heteroatoms. The third-order valence-electron chi connectivity index (χ3n) is 11.3. The molecule has 1 aliphatic carbocycles. The van der Waals surface area contributed by atoms with Crippen LogP contribution in [0.1, 0.15) is 99.6 Å². The summed E-state index contributed by atoms with van der Waals surface area (Å²) in [5.74, 6) is 1.65. The normalized spacial score (nSPS) is 25.5. The molecule has 0 radical (unpaired) electrons. The van der Waals surface area contributed by atoms with E-state index in [1.807, 2.05) is 24.9 Å². The van der Waals surface area contributed by atoms with Crippen LogP contribution < -0.4 is 20.7 Å². The maximum Gasteiger partial charge on any atom is 0.237 e. The van der Waals surface area contributed by atoms with Crippen molar-refractivity contribution in [1.29, 1.82) is 0 Å². The van der Waals surface area contributed by atoms with Crippen LogP contribution in [0.3, 0.4) is 0 Å². The molecule has 2 saturated heterocycles. The number of carbonyl (C=O) groups is 2. The van der Waals surface area contributed by atoms with Gasteiger partial charge in [0.1, 0.15) is 12.4 Å². The number of oxazole rings is 1. The van der Waals surface area contributed by atoms with Gasteiger partial charge in [-0.25, -0.2) is 4.98 Å². The van der Waals surface area contributed by atoms with E-state index in [0.29, 0.717) is 38.7 Å². The summed E-state index contributed by atoms with van der Waals surface area (Å²) < 4.78 is 11.3. The van der Waals surface area contributed by atoms with Crippen LogP contribution >= 0.6 is 0 Å². The van der Waals surface area contributed by atoms with Crippen molar-refractivity contribution in [2.75, 3.05) is 39.9 Å². The summed E-state index contributed by atoms with van der Waals surface area (Å²) in [5.41, 5.74) is 3.32. The molecule has 50 heavy (non-hydrogen) atoms. The molecular formula is C38H59N7O5. The Hall–Kier alpha value is -3.03. The summed E-state index contributed by atoms with van der Waals surface area (Å²) in [6, 6.07) is 6.40. The van der Waals surface area contributed by atoms with E-state index in [1.54, 1.807) is 0 Å². The number of aromatic nitrogens is 1. The van der Waals surface area contributed by atoms with E-state index in [1.165, 1.54) is 75.3 Å². The Morgan fingerprint density at radius 1 is 1.10 bits per heavy atom. The van der Waals surface area contributed by atoms with Crippen LogP contribution in [0.15, 0.2) is 29.0 Å². The molecule has 4 heterocycles. The maximum absolute atomic E-state index is 13.5. The van der Waals surface area contributed by atoms with Gasteiger partial charge in [0.15, 0.2) is 12.2 Å². The highest BCUT2D eigenvalue weighted by atomic mass is 16.5. The molecular weight excluding hydrogens is 634 g/mol. The third-order valence-corrected chi connectivity index (χ3v) is 11.3. The highest BCUT2D eigenvalue weighted by Gasteiger charge is 2.37. The number of hydrogen-bond acceptors (Lipinski definition) is 10. The number of piperidine rings is 1. The van der Waals surface area contributed by atoms with Gasteiger partial charge in [0, 0.05) is 64.7 Å². The zero-order valence-corrected chi connectivity index (χ0v) is 30.2. The molecule has 0 spiro atoms. The lowest BCUT2D eigenvalue weighted by Gasteiger charge is -2.46. The fourth-order valence-corrected chi connectivity index (χ4v) is 8.14. The van der Waals surface area contributed by atoms with Gasteiger partial charge in [-0.05, 0) is 55.9 Å². The van der Waals surface area contributed by atoms with Gasteiger partial charge >= 0.3 is 0 Å². The molecule has 2 aromatic rings. The molecule has 2 amide bonds. The number of nitrogens with zero attached hydrogens (tertiary/aromatic N) is 4. The van der Waals surface area contributed by atoms with Gasteiger partial charge in [-0.3, -0.25) is 30.0 Å². The summed E-state index contributed by atoms with van der Waals surface area (Å²) in [7, 11) is 1.88. The number of fused-ring (bicyclic) bond motifs is 1. The first-order valence-corrected chi connectivity index (χ1v) is 19.1. The Morgan fingerprint density at radius 2 is 1.88 bits per heavy atom. The summed E-state index contributed by atoms with van der Waals surface area (Å²) >= 11 is 0. The zero-order chi connectivity index (χ0) is 34.9. The Balaban J connectivity index is 0.988. The quantitative estimate of drug-likeness (QED) is 0.277. The van der Waals surface area contributed by atoms with Crippen LogP contribution in [-0.2, 0) is 29.2 Å². The predicted octanol–water partition coefficient (Wildman–Crippen LogP) is 3.45. The molecule has 4 N–H and O–H groups in total. The van der Waals surface area contributed by atoms with Crippen LogP contribution in [0.5, 0.6) is 5.75 Å². The van der Waals surface area contributed by atoms with Gasteiger partial charge in [0.05, 0.1) is 30.7 Å². The number of β-amino-alcohol motifs (C(OH)–C–C–N with tert-alkyl or cyclic N) is 1. The second kappa shape index (κ2) is 17.9. The van der Waals surface area contributed by atoms with E-state index in [2.05, 4.69) is 42.9 Å². The molecule has 0 bridgehead atoms. The first-order chi connectivity index (χ1) is 24.3. The van der Waals surface area contributed by atoms with Crippen molar-refractivity contribution >= 4 is 11.8 Å². The van der Waals surface area contributed by atoms with E-state index in [-0.39, 0.29) is 36.6 Å². The number of benzene rings is 1. The largest absolute Gasteiger partial charge is 0.486 e. The van der Waals surface area contributed by atoms with Crippen LogP contribution in [0.25, 0.3) is 0 Å². The fourth-order valence-electron chi connectivity index (χ4n) is 8.14. The zero-order valence-electron chi connectivity index (χ0n) is 30.2. The molecule has 1 aromatic heterocycles. The van der Waals surface area contributed by atoms with Crippen molar-refractivity contribution in [3.8, 4) is 5.75 Å². The monoisotopic (exact) mass is 693 g/mol. The van der Waals surface area contributed by atoms with Crippen molar-refractivity contribution in [2.45, 2.75) is 134 Å². The molecule has 12 nitrogen and oxygen atoms in total. The Labute approximate surface area is 297 Å². The number of ether oxygens (including phenoxy) is 1. The summed E-state index contributed by atoms with van der Waals surface area (Å²) in [5, 5.41) is 21.4. The van der Waals surface area contributed by atoms with Gasteiger partial charge < -0.3 is 24.5 Å². The molecule has 3 aliphatic heterocycles. The first-order valence-electron chi connectivity index (χ1n) is 19.1. The maximum atomic E-state index is 13.5. The summed E-state index contributed by atoms with van der Waals surface area (Å²) in [4.78, 5) is 36.8. The molecule has 6 rings (SSSR count). The van der Waals surface area contributed by atoms with Crippen molar-refractivity contribution in [3.05, 3.63) is 47.2 Å². The number of aliphatic hydroxyl groups excluding tert-OH is 1. The molecule has 4 atom stereocenters. The minimum Gasteiger partial charge on any atom is -0.486 e. The van der Waals surface area contributed by atoms with Crippen LogP contribution in [0, 0.1) is 6.92 Å². The highest BCUT2D eigenvalue weighted by Crippen LogP contribution is 2.27. The number of carbonyl (C=O) groups excluding carboxylic acids is 2. The SMILES string of the molecule is Cc1ncoc1COc1ccc2c(c1)CCN(C[C@@H](O)CNC(=O)C1CC(NC3CCN(C)C(=O)C3)N(C3CCCCCCCCC3)CN1)C2. The number of likely N-dealkylation sites (tertiary alicyclic amines) is 1. The standard InChI is InChI=1S/C38H59N7O5/c1-27-35(50-26-41-27)24-49-33-13-12-29-22-44(17-14-28(29)18-33)23-32(46)21-39-38(48)34-20-36(42-30-15-16-43(2)37(47)19-30)45(25-40-34)31-10-8-6-4-3-5-7-9-11-31/h12-13,18,26,30-32,34,36,40,42,46H,3-11,14-17,19-25H2,1-2H3,(H,39,48)/t30?,32-,34?,36?/m0/s1. The second-order valence-electron chi connectivity index (χ2n) is 15.0. The molecule has 276 valence electrons. The summed E-state index contributed by atoms with van der Waals surface area (Å²) in [6.07, 6.45) is 15.1. The lowest BCUT2D eigenvalue weighted by molar-refractivity contribution is -0.133.